The summed E-state index contributed by atoms with van der Waals surface area (Å²) >= 11 is 0. The lowest BCUT2D eigenvalue weighted by Gasteiger charge is -1.92. The first-order valence-electron chi connectivity index (χ1n) is 6.62. The van der Waals surface area contributed by atoms with Crippen molar-refractivity contribution >= 4 is 18.0 Å². The lowest BCUT2D eigenvalue weighted by atomic mass is 10.2. The highest BCUT2D eigenvalue weighted by Gasteiger charge is 1.90. The number of aromatic nitrogens is 1. The van der Waals surface area contributed by atoms with E-state index in [1.54, 1.807) is 6.08 Å². The van der Waals surface area contributed by atoms with Gasteiger partial charge >= 0.3 is 11.9 Å². The Morgan fingerprint density at radius 3 is 2.17 bits per heavy atom. The van der Waals surface area contributed by atoms with Crippen molar-refractivity contribution in [1.82, 2.24) is 4.98 Å². The van der Waals surface area contributed by atoms with Crippen molar-refractivity contribution in [3.05, 3.63) is 73.6 Å². The Hall–Kier alpha value is -2.95. The number of rotatable bonds is 5. The maximum absolute atomic E-state index is 10.2. The maximum Gasteiger partial charge on any atom is 0.330 e. The van der Waals surface area contributed by atoms with Gasteiger partial charge in [-0.05, 0) is 25.5 Å². The van der Waals surface area contributed by atoms with Gasteiger partial charge in [-0.15, -0.1) is 0 Å². The Kier molecular flexibility index (Phi) is 13.6. The number of esters is 1. The molecule has 0 unspecified atom stereocenters. The highest BCUT2D eigenvalue weighted by Crippen LogP contribution is 1.98. The molecule has 0 fully saturated rings. The van der Waals surface area contributed by atoms with Gasteiger partial charge in [0.05, 0.1) is 0 Å². The number of carbonyl (C=O) groups excluding carboxylic acids is 1. The second-order valence-electron chi connectivity index (χ2n) is 4.15. The molecule has 1 aromatic heterocycles. The third-order valence-electron chi connectivity index (χ3n) is 2.05. The minimum absolute atomic E-state index is 0.176. The predicted octanol–water partition coefficient (Wildman–Crippen LogP) is 3.58. The van der Waals surface area contributed by atoms with E-state index >= 15 is 0 Å². The summed E-state index contributed by atoms with van der Waals surface area (Å²) in [5.41, 5.74) is 2.29. The average molecular weight is 317 g/mol. The van der Waals surface area contributed by atoms with E-state index in [-0.39, 0.29) is 12.2 Å². The molecule has 0 bridgehead atoms. The van der Waals surface area contributed by atoms with Crippen LogP contribution in [0.5, 0.6) is 0 Å². The van der Waals surface area contributed by atoms with Gasteiger partial charge in [-0.25, -0.2) is 9.59 Å². The first-order chi connectivity index (χ1) is 10.8. The second kappa shape index (κ2) is 14.0. The quantitative estimate of drug-likeness (QED) is 0.510. The van der Waals surface area contributed by atoms with Crippen LogP contribution in [0.15, 0.2) is 62.4 Å². The molecule has 0 spiro atoms. The van der Waals surface area contributed by atoms with Crippen LogP contribution in [-0.2, 0) is 14.3 Å². The Morgan fingerprint density at radius 1 is 1.30 bits per heavy atom. The smallest absolute Gasteiger partial charge is 0.330 e. The lowest BCUT2D eigenvalue weighted by Crippen LogP contribution is -1.98. The van der Waals surface area contributed by atoms with Gasteiger partial charge in [-0.2, -0.15) is 0 Å². The minimum atomic E-state index is -0.935. The SMILES string of the molecule is C=C(C)C(=O)O.C=CCOC(=O)C=C.C=Cc1ccc(C)nc1. The van der Waals surface area contributed by atoms with Crippen molar-refractivity contribution < 1.29 is 19.4 Å². The topological polar surface area (TPSA) is 76.5 Å². The summed E-state index contributed by atoms with van der Waals surface area (Å²) in [7, 11) is 0. The molecule has 0 aliphatic heterocycles. The molecule has 0 atom stereocenters. The fraction of sp³-hybridized carbons (Fsp3) is 0.167. The maximum atomic E-state index is 10.2. The van der Waals surface area contributed by atoms with E-state index in [1.165, 1.54) is 13.0 Å². The molecule has 5 heteroatoms. The van der Waals surface area contributed by atoms with E-state index < -0.39 is 11.9 Å². The molecule has 0 amide bonds. The average Bonchev–Trinajstić information content (AvgIpc) is 2.54. The number of carbonyl (C=O) groups is 2. The van der Waals surface area contributed by atoms with Crippen LogP contribution in [0.1, 0.15) is 18.2 Å². The van der Waals surface area contributed by atoms with Crippen LogP contribution in [0.2, 0.25) is 0 Å². The van der Waals surface area contributed by atoms with Crippen molar-refractivity contribution in [2.75, 3.05) is 6.61 Å². The standard InChI is InChI=1S/C8H9N.C6H8O2.C4H6O2/c1-3-8-5-4-7(2)9-6-8;1-3-5-8-6(7)4-2;1-3(2)4(5)6/h3-6H,1H2,2H3;3-4H,1-2,5H2;1H2,2H3,(H,5,6). The lowest BCUT2D eigenvalue weighted by molar-refractivity contribution is -0.136. The Bertz CT molecular complexity index is 533. The van der Waals surface area contributed by atoms with Gasteiger partial charge in [0, 0.05) is 23.5 Å². The monoisotopic (exact) mass is 317 g/mol. The van der Waals surface area contributed by atoms with Gasteiger partial charge in [-0.1, -0.05) is 44.5 Å². The molecule has 5 nitrogen and oxygen atoms in total. The van der Waals surface area contributed by atoms with Crippen LogP contribution in [-0.4, -0.2) is 28.6 Å². The molecular weight excluding hydrogens is 294 g/mol. The van der Waals surface area contributed by atoms with Crippen LogP contribution in [0, 0.1) is 6.92 Å². The van der Waals surface area contributed by atoms with E-state index in [0.717, 1.165) is 17.3 Å². The fourth-order valence-electron chi connectivity index (χ4n) is 0.800. The highest BCUT2D eigenvalue weighted by atomic mass is 16.5. The van der Waals surface area contributed by atoms with Crippen molar-refractivity contribution in [2.24, 2.45) is 0 Å². The second-order valence-corrected chi connectivity index (χ2v) is 4.15. The van der Waals surface area contributed by atoms with Crippen LogP contribution in [0.25, 0.3) is 6.08 Å². The van der Waals surface area contributed by atoms with Gasteiger partial charge in [-0.3, -0.25) is 4.98 Å². The molecule has 1 aromatic rings. The van der Waals surface area contributed by atoms with Gasteiger partial charge in [0.1, 0.15) is 6.61 Å². The normalized spacial score (nSPS) is 8.09. The number of hydrogen-bond donors (Lipinski definition) is 1. The third kappa shape index (κ3) is 15.3. The van der Waals surface area contributed by atoms with Gasteiger partial charge < -0.3 is 9.84 Å². The number of aryl methyl sites for hydroxylation is 1. The zero-order valence-electron chi connectivity index (χ0n) is 13.6. The molecule has 0 aromatic carbocycles. The number of hydrogen-bond acceptors (Lipinski definition) is 4. The van der Waals surface area contributed by atoms with Crippen molar-refractivity contribution in [3.8, 4) is 0 Å². The number of carboxylic acids is 1. The highest BCUT2D eigenvalue weighted by molar-refractivity contribution is 5.84. The zero-order valence-corrected chi connectivity index (χ0v) is 13.6. The summed E-state index contributed by atoms with van der Waals surface area (Å²) in [4.78, 5) is 23.9. The first kappa shape index (κ1) is 22.3. The van der Waals surface area contributed by atoms with Crippen molar-refractivity contribution in [3.63, 3.8) is 0 Å². The van der Waals surface area contributed by atoms with E-state index in [9.17, 15) is 9.59 Å². The Labute approximate surface area is 137 Å². The molecular formula is C18H23NO4. The number of aliphatic carboxylic acids is 1. The van der Waals surface area contributed by atoms with Crippen molar-refractivity contribution in [2.45, 2.75) is 13.8 Å². The van der Waals surface area contributed by atoms with E-state index in [1.807, 2.05) is 25.3 Å². The van der Waals surface area contributed by atoms with Gasteiger partial charge in [0.2, 0.25) is 0 Å². The number of nitrogens with zero attached hydrogens (tertiary/aromatic N) is 1. The molecule has 1 rings (SSSR count). The van der Waals surface area contributed by atoms with E-state index in [2.05, 4.69) is 36.0 Å². The molecule has 0 radical (unpaired) electrons. The molecule has 124 valence electrons. The summed E-state index contributed by atoms with van der Waals surface area (Å²) in [6, 6.07) is 3.96. The summed E-state index contributed by atoms with van der Waals surface area (Å²) in [5, 5.41) is 7.89. The van der Waals surface area contributed by atoms with Crippen molar-refractivity contribution in [1.29, 1.82) is 0 Å². The predicted molar refractivity (Wildman–Crippen MR) is 92.9 cm³/mol. The fourth-order valence-corrected chi connectivity index (χ4v) is 0.800. The number of carboxylic acid groups (broad SMARTS) is 1. The summed E-state index contributed by atoms with van der Waals surface area (Å²) in [6.45, 7) is 17.0. The molecule has 0 aliphatic carbocycles. The van der Waals surface area contributed by atoms with E-state index in [4.69, 9.17) is 5.11 Å². The minimum Gasteiger partial charge on any atom is -0.478 e. The molecule has 1 N–H and O–H groups in total. The summed E-state index contributed by atoms with van der Waals surface area (Å²) in [6.07, 6.45) is 6.21. The molecule has 0 saturated carbocycles. The van der Waals surface area contributed by atoms with Crippen LogP contribution >= 0.6 is 0 Å². The molecule has 0 saturated heterocycles. The Morgan fingerprint density at radius 2 is 1.87 bits per heavy atom. The first-order valence-corrected chi connectivity index (χ1v) is 6.62. The number of pyridine rings is 1. The molecule has 1 heterocycles. The number of ether oxygens (including phenoxy) is 1. The summed E-state index contributed by atoms with van der Waals surface area (Å²) in [5.74, 6) is -1.35. The largest absolute Gasteiger partial charge is 0.478 e. The molecule has 23 heavy (non-hydrogen) atoms. The van der Waals surface area contributed by atoms with E-state index in [0.29, 0.717) is 0 Å². The van der Waals surface area contributed by atoms with Gasteiger partial charge in [0.25, 0.3) is 0 Å². The van der Waals surface area contributed by atoms with Gasteiger partial charge in [0.15, 0.2) is 0 Å². The van der Waals surface area contributed by atoms with Crippen LogP contribution in [0.3, 0.4) is 0 Å². The third-order valence-corrected chi connectivity index (χ3v) is 2.05. The molecule has 0 aliphatic rings. The van der Waals surface area contributed by atoms with Crippen LogP contribution < -0.4 is 0 Å². The zero-order chi connectivity index (χ0) is 18.3. The summed E-state index contributed by atoms with van der Waals surface area (Å²) < 4.78 is 4.47. The Balaban J connectivity index is 0. The van der Waals surface area contributed by atoms with Crippen LogP contribution in [0.4, 0.5) is 0 Å².